The summed E-state index contributed by atoms with van der Waals surface area (Å²) in [6.45, 7) is 1.37. The first kappa shape index (κ1) is 105. The fourth-order valence-corrected chi connectivity index (χ4v) is 25.7. The summed E-state index contributed by atoms with van der Waals surface area (Å²) in [6.07, 6.45) is -21.1. The van der Waals surface area contributed by atoms with Crippen LogP contribution in [0.15, 0.2) is 134 Å². The van der Waals surface area contributed by atoms with Gasteiger partial charge in [-0.25, -0.2) is 62.5 Å². The number of hydrogen-bond donors (Lipinski definition) is 17. The molecular weight excluding hydrogens is 2070 g/mol. The Balaban J connectivity index is 0.000000753. The summed E-state index contributed by atoms with van der Waals surface area (Å²) in [6, 6.07) is 21.9. The molecule has 23 unspecified atom stereocenters. The van der Waals surface area contributed by atoms with Gasteiger partial charge in [-0.1, -0.05) is 91.8 Å². The molecular formula is C79H99N27O35P5Si. The number of nitrogens with two attached hydrogens (primary N) is 5. The van der Waals surface area contributed by atoms with Crippen molar-refractivity contribution in [1.82, 2.24) is 107 Å². The second kappa shape index (κ2) is 42.8. The Bertz CT molecular complexity index is 7620. The Morgan fingerprint density at radius 3 is 1.05 bits per heavy atom. The van der Waals surface area contributed by atoms with Crippen molar-refractivity contribution in [2.75, 3.05) is 82.0 Å². The highest BCUT2D eigenvalue weighted by molar-refractivity contribution is 7.48. The minimum atomic E-state index is -5.68. The van der Waals surface area contributed by atoms with E-state index in [1.165, 1.54) is 50.0 Å². The number of anilines is 5. The number of aromatic nitrogens is 22. The molecule has 17 heterocycles. The summed E-state index contributed by atoms with van der Waals surface area (Å²) in [5.74, 6) is -1.47. The lowest BCUT2D eigenvalue weighted by atomic mass is 10.2. The lowest BCUT2D eigenvalue weighted by Gasteiger charge is -2.29. The van der Waals surface area contributed by atoms with Gasteiger partial charge in [0, 0.05) is 64.0 Å². The maximum atomic E-state index is 14.7. The first-order valence-corrected chi connectivity index (χ1v) is 54.0. The molecule has 0 bridgehead atoms. The van der Waals surface area contributed by atoms with E-state index >= 15 is 0 Å². The molecule has 22 N–H and O–H groups in total. The van der Waals surface area contributed by atoms with Crippen LogP contribution in [0.1, 0.15) is 109 Å². The van der Waals surface area contributed by atoms with Crippen LogP contribution in [-0.2, 0) is 108 Å². The number of nitrogens with one attached hydrogen (secondary N) is 5. The Kier molecular flexibility index (Phi) is 30.7. The second-order valence-corrected chi connectivity index (χ2v) is 45.9. The highest BCUT2D eigenvalue weighted by atomic mass is 31.2. The van der Waals surface area contributed by atoms with Crippen molar-refractivity contribution in [2.45, 2.75) is 188 Å². The zero-order valence-electron chi connectivity index (χ0n) is 77.6. The summed E-state index contributed by atoms with van der Waals surface area (Å²) >= 11 is 0. The number of imidazole rings is 5. The molecule has 2 aromatic carbocycles. The quantitative estimate of drug-likeness (QED) is 0.0138. The van der Waals surface area contributed by atoms with E-state index in [-0.39, 0.29) is 111 Å². The summed E-state index contributed by atoms with van der Waals surface area (Å²) in [5.41, 5.74) is 23.7. The number of hydrogen-bond acceptors (Lipinski definition) is 46. The Morgan fingerprint density at radius 2 is 0.707 bits per heavy atom. The van der Waals surface area contributed by atoms with Gasteiger partial charge < -0.3 is 96.5 Å². The van der Waals surface area contributed by atoms with Gasteiger partial charge in [0.2, 0.25) is 23.8 Å². The molecule has 6 aliphatic heterocycles. The summed E-state index contributed by atoms with van der Waals surface area (Å²) in [5, 5.41) is 24.7. The Hall–Kier alpha value is -11.5. The van der Waals surface area contributed by atoms with E-state index < -0.39 is 263 Å². The number of phosphoric acid groups is 5. The van der Waals surface area contributed by atoms with Crippen LogP contribution in [0.4, 0.5) is 29.6 Å². The highest BCUT2D eigenvalue weighted by Crippen LogP contribution is 2.57. The van der Waals surface area contributed by atoms with Crippen molar-refractivity contribution in [3.05, 3.63) is 173 Å². The van der Waals surface area contributed by atoms with E-state index in [2.05, 4.69) is 161 Å². The fourth-order valence-electron chi connectivity index (χ4n) is 17.8. The molecule has 19 rings (SSSR count). The van der Waals surface area contributed by atoms with Gasteiger partial charge in [-0.05, 0) is 17.9 Å². The largest absolute Gasteiger partial charge is 0.472 e. The molecule has 0 spiro atoms. The molecule has 0 amide bonds. The first-order valence-electron chi connectivity index (χ1n) is 45.0. The minimum absolute atomic E-state index is 0.00147. The van der Waals surface area contributed by atoms with Gasteiger partial charge in [0.25, 0.3) is 27.8 Å². The number of benzene rings is 2. The zero-order valence-corrected chi connectivity index (χ0v) is 83.1. The molecule has 1 radical (unpaired) electrons. The Morgan fingerprint density at radius 1 is 0.401 bits per heavy atom. The number of rotatable bonds is 38. The SMILES string of the molecule is CC(C)(C)[Si](c1ccccc1)c1ccccc1.COCCCc1cn(C2CC(OP(=O)(O)OCC3OC(n4cnc5c(=O)[nH]c(N)nc54)CC3OP(=O)(O)OCC3OC(n4cnc5c(=O)[nH]c(N)nc54)CC3OP(=O)(O)OCC3OC(n4cnc5c(=O)[nH]c(N)nc54)CC3OP(=O)(O)OCC3OC(n4cnc5c(N)ncnc54)CC3OP(=O)(O)OCC3OC(n4cnc5c(=O)[nH]c(N)nc54)CC3O)C(CO)O2)c(=O)[nH]c1=O. The van der Waals surface area contributed by atoms with E-state index in [9.17, 15) is 86.3 Å². The number of nitrogens with zero attached hydrogens (tertiary/aromatic N) is 17. The molecule has 6 fully saturated rings. The smallest absolute Gasteiger partial charge is 0.394 e. The molecule has 147 heavy (non-hydrogen) atoms. The number of aryl methyl sites for hydroxylation is 1. The maximum Gasteiger partial charge on any atom is 0.472 e. The van der Waals surface area contributed by atoms with E-state index in [1.54, 1.807) is 0 Å². The van der Waals surface area contributed by atoms with Crippen LogP contribution in [0, 0.1) is 0 Å². The van der Waals surface area contributed by atoms with Crippen molar-refractivity contribution in [3.8, 4) is 0 Å². The van der Waals surface area contributed by atoms with E-state index in [4.69, 9.17) is 107 Å². The number of fused-ring (bicyclic) bond motifs is 5. The van der Waals surface area contributed by atoms with Crippen LogP contribution in [0.3, 0.4) is 0 Å². The Labute approximate surface area is 825 Å². The summed E-state index contributed by atoms with van der Waals surface area (Å²) < 4.78 is 177. The predicted octanol–water partition coefficient (Wildman–Crippen LogP) is 0.0842. The van der Waals surface area contributed by atoms with E-state index in [1.807, 2.05) is 0 Å². The van der Waals surface area contributed by atoms with Crippen molar-refractivity contribution in [2.24, 2.45) is 0 Å². The van der Waals surface area contributed by atoms with Gasteiger partial charge in [0.1, 0.15) is 125 Å². The molecule has 11 aromatic heterocycles. The number of ether oxygens (including phenoxy) is 7. The van der Waals surface area contributed by atoms with Crippen LogP contribution in [0.25, 0.3) is 55.8 Å². The molecule has 0 saturated carbocycles. The maximum absolute atomic E-state index is 14.7. The van der Waals surface area contributed by atoms with Crippen LogP contribution < -0.4 is 72.5 Å². The van der Waals surface area contributed by atoms with Gasteiger partial charge in [-0.2, -0.15) is 19.9 Å². The normalized spacial score (nSPS) is 26.5. The number of aliphatic hydroxyl groups is 2. The number of nitrogen functional groups attached to an aromatic ring is 5. The third kappa shape index (κ3) is 23.7. The number of aliphatic hydroxyl groups excluding tert-OH is 2. The van der Waals surface area contributed by atoms with Crippen molar-refractivity contribution in [1.29, 1.82) is 0 Å². The molecule has 13 aromatic rings. The van der Waals surface area contributed by atoms with Crippen LogP contribution in [0.2, 0.25) is 5.04 Å². The van der Waals surface area contributed by atoms with Gasteiger partial charge in [-0.15, -0.1) is 0 Å². The third-order valence-electron chi connectivity index (χ3n) is 24.4. The minimum Gasteiger partial charge on any atom is -0.394 e. The van der Waals surface area contributed by atoms with Crippen molar-refractivity contribution in [3.63, 3.8) is 0 Å². The van der Waals surface area contributed by atoms with Gasteiger partial charge in [0.15, 0.2) is 56.1 Å². The average molecular weight is 2170 g/mol. The molecule has 0 aliphatic carbocycles. The highest BCUT2D eigenvalue weighted by Gasteiger charge is 2.52. The third-order valence-corrected chi connectivity index (χ3v) is 32.8. The van der Waals surface area contributed by atoms with Crippen LogP contribution in [0.5, 0.6) is 0 Å². The van der Waals surface area contributed by atoms with Gasteiger partial charge in [0.05, 0.1) is 77.4 Å². The molecule has 789 valence electrons. The molecule has 23 atom stereocenters. The summed E-state index contributed by atoms with van der Waals surface area (Å²) in [7, 11) is -26.9. The molecule has 6 saturated heterocycles. The molecule has 6 aliphatic rings. The topological polar surface area (TPSA) is 867 Å². The average Bonchev–Trinajstić information content (AvgIpc) is 1.62. The lowest BCUT2D eigenvalue weighted by molar-refractivity contribution is -0.0640. The number of phosphoric ester groups is 5. The number of H-pyrrole nitrogens is 5. The lowest BCUT2D eigenvalue weighted by Crippen LogP contribution is -2.48. The fraction of sp³-hybridized carbons (Fsp3) is 0.481. The van der Waals surface area contributed by atoms with Gasteiger partial charge in [-0.3, -0.25) is 122 Å². The van der Waals surface area contributed by atoms with Crippen LogP contribution in [-0.4, -0.2) is 277 Å². The van der Waals surface area contributed by atoms with Crippen LogP contribution >= 0.6 is 39.1 Å². The summed E-state index contributed by atoms with van der Waals surface area (Å²) in [4.78, 5) is 192. The van der Waals surface area contributed by atoms with Crippen molar-refractivity contribution >= 4 is 144 Å². The standard InChI is InChI=1S/C63H80N27O35P5.C16H19Si/c1-109-4-2-3-24-11-85(63(98)84-54(24)93)38-6-26(31(12-91)115-38)121-127(101,102)111-15-34-28(8-40(118-34)88-21-73-45-51(88)77-60(66)81-56(45)95)123-129(105,106)113-17-36-30(10-42(120-36)90-23-75-47-53(90)79-62(68)83-58(47)97)125-130(107,108)114-16-35-29(9-41(119-35)89-22-74-46-52(89)78-61(67)82-57(46)96)124-128(103,104)112-14-33-27(7-39(117-33)86-19-71-43-48(64)69-18-70-49(43)86)122-126(99,100)110-13-32-25(92)5-37(116-32)87-20-72-44-50(87)76-59(65)80-55(44)94;1-16(2,3)17(14-10-6-4-7-11-14)15-12-8-5-9-13-15/h11,18-23,25-42,91-92H,2-10,12-17H2,1H3,(H,99,100)(H,101,102)(H,103,104)(H,105,106)(H,107,108)(H2,64,69,70)(H,84,93,98)(H3,65,76,80,94)(H3,66,77,81,95)(H3,67,78,82,96)(H3,68,79,83,97);4-13H,1-3H3. The zero-order chi connectivity index (χ0) is 104. The number of aromatic amines is 5. The van der Waals surface area contributed by atoms with Gasteiger partial charge >= 0.3 is 44.8 Å². The first-order chi connectivity index (χ1) is 69.9. The number of methoxy groups -OCH3 is 1. The molecule has 68 heteroatoms. The van der Waals surface area contributed by atoms with E-state index in [0.717, 1.165) is 39.0 Å². The monoisotopic (exact) mass is 2170 g/mol. The van der Waals surface area contributed by atoms with Crippen molar-refractivity contribution < 1.29 is 136 Å². The predicted molar refractivity (Wildman–Crippen MR) is 507 cm³/mol. The second-order valence-electron chi connectivity index (χ2n) is 35.4. The van der Waals surface area contributed by atoms with E-state index in [0.29, 0.717) is 11.5 Å². The molecule has 62 nitrogen and oxygen atoms in total.